The van der Waals surface area contributed by atoms with Crippen LogP contribution in [0.5, 0.6) is 0 Å². The minimum absolute atomic E-state index is 0.0144. The monoisotopic (exact) mass is 632 g/mol. The maximum atomic E-state index is 14.3. The Bertz CT molecular complexity index is 1500. The minimum atomic E-state index is -1.19. The molecule has 0 radical (unpaired) electrons. The van der Waals surface area contributed by atoms with Crippen LogP contribution in [-0.2, 0) is 36.9 Å². The number of carbonyl (C=O) groups is 4. The van der Waals surface area contributed by atoms with E-state index in [1.807, 2.05) is 36.4 Å². The number of rotatable bonds is 5. The first kappa shape index (κ1) is 31.6. The second kappa shape index (κ2) is 13.5. The highest BCUT2D eigenvalue weighted by molar-refractivity contribution is 5.96. The molecule has 2 fully saturated rings. The largest absolute Gasteiger partial charge is 0.464 e. The maximum absolute atomic E-state index is 14.3. The molecule has 6 rings (SSSR count). The van der Waals surface area contributed by atoms with Gasteiger partial charge in [-0.15, -0.1) is 0 Å². The molecule has 5 atom stereocenters. The zero-order valence-electron chi connectivity index (χ0n) is 26.1. The number of amides is 3. The van der Waals surface area contributed by atoms with Crippen LogP contribution in [0.3, 0.4) is 0 Å². The summed E-state index contributed by atoms with van der Waals surface area (Å²) in [5.74, 6) is -1.83. The Balaban J connectivity index is 1.25. The highest BCUT2D eigenvalue weighted by atomic mass is 19.1. The van der Waals surface area contributed by atoms with Crippen LogP contribution in [0.25, 0.3) is 0 Å². The number of anilines is 1. The molecule has 2 N–H and O–H groups in total. The Labute approximate surface area is 268 Å². The quantitative estimate of drug-likeness (QED) is 0.363. The van der Waals surface area contributed by atoms with Crippen molar-refractivity contribution in [3.63, 3.8) is 0 Å². The number of ether oxygens (including phenoxy) is 2. The van der Waals surface area contributed by atoms with Crippen molar-refractivity contribution in [2.75, 3.05) is 18.5 Å². The van der Waals surface area contributed by atoms with E-state index in [0.717, 1.165) is 36.9 Å². The number of nitrogens with zero attached hydrogens (tertiary/aromatic N) is 2. The summed E-state index contributed by atoms with van der Waals surface area (Å²) in [4.78, 5) is 57.6. The standard InChI is InChI=1S/C35H41FN4O6/c1-2-45-33(43)35-19-24(35)13-7-4-3-5-10-17-29(37-25-14-8-6-9-15-25)32(42)40-21-26(18-30(40)31(41)38-35)46-34(44)39-20-23-12-11-16-28(36)27(23)22-39/h6-9,11-16,24,26,29-30,37H,2-5,10,17-22H2,1H3,(H,38,41)/b13-7-/t24-,26+,29-,30-,35+/m0/s1. The predicted molar refractivity (Wildman–Crippen MR) is 168 cm³/mol. The van der Waals surface area contributed by atoms with Gasteiger partial charge in [-0.05, 0) is 56.4 Å². The van der Waals surface area contributed by atoms with Crippen LogP contribution < -0.4 is 10.6 Å². The average Bonchev–Trinajstić information content (AvgIpc) is 3.35. The molecule has 2 aromatic carbocycles. The van der Waals surface area contributed by atoms with Crippen molar-refractivity contribution >= 4 is 29.6 Å². The molecule has 3 aliphatic heterocycles. The van der Waals surface area contributed by atoms with Crippen molar-refractivity contribution in [3.8, 4) is 0 Å². The molecule has 0 bridgehead atoms. The second-order valence-electron chi connectivity index (χ2n) is 12.6. The number of halogens is 1. The molecule has 11 heteroatoms. The summed E-state index contributed by atoms with van der Waals surface area (Å²) in [6.07, 6.45) is 7.15. The van der Waals surface area contributed by atoms with E-state index in [2.05, 4.69) is 16.7 Å². The van der Waals surface area contributed by atoms with Crippen molar-refractivity contribution in [1.29, 1.82) is 0 Å². The fourth-order valence-electron chi connectivity index (χ4n) is 6.86. The normalized spacial score (nSPS) is 28.5. The van der Waals surface area contributed by atoms with E-state index in [9.17, 15) is 23.6 Å². The average molecular weight is 633 g/mol. The smallest absolute Gasteiger partial charge is 0.410 e. The molecule has 2 aromatic rings. The Morgan fingerprint density at radius 1 is 1.07 bits per heavy atom. The van der Waals surface area contributed by atoms with E-state index in [1.165, 1.54) is 15.9 Å². The second-order valence-corrected chi connectivity index (χ2v) is 12.6. The van der Waals surface area contributed by atoms with E-state index in [-0.39, 0.29) is 50.3 Å². The topological polar surface area (TPSA) is 117 Å². The fraction of sp³-hybridized carbons (Fsp3) is 0.486. The maximum Gasteiger partial charge on any atom is 0.410 e. The molecule has 3 amide bonds. The molecule has 0 unspecified atom stereocenters. The van der Waals surface area contributed by atoms with Gasteiger partial charge in [-0.25, -0.2) is 14.0 Å². The molecule has 0 aromatic heterocycles. The van der Waals surface area contributed by atoms with Crippen LogP contribution in [0, 0.1) is 11.7 Å². The highest BCUT2D eigenvalue weighted by Crippen LogP contribution is 2.46. The SMILES string of the molecule is CCOC(=O)[C@@]12C[C@@H]1/C=C\CCCCC[C@H](Nc1ccccc1)C(=O)N1C[C@H](OC(=O)N3Cc4cccc(F)c4C3)C[C@H]1C(=O)N2. The lowest BCUT2D eigenvalue weighted by Gasteiger charge is -2.30. The van der Waals surface area contributed by atoms with Gasteiger partial charge in [0.15, 0.2) is 0 Å². The summed E-state index contributed by atoms with van der Waals surface area (Å²) in [6.45, 7) is 2.21. The Morgan fingerprint density at radius 3 is 2.67 bits per heavy atom. The van der Waals surface area contributed by atoms with Crippen LogP contribution in [0.1, 0.15) is 63.0 Å². The van der Waals surface area contributed by atoms with Gasteiger partial charge in [0.25, 0.3) is 0 Å². The highest BCUT2D eigenvalue weighted by Gasteiger charge is 2.62. The third kappa shape index (κ3) is 6.59. The van der Waals surface area contributed by atoms with E-state index in [0.29, 0.717) is 18.4 Å². The van der Waals surface area contributed by atoms with Gasteiger partial charge in [-0.1, -0.05) is 55.3 Å². The number of allylic oxidation sites excluding steroid dienone is 1. The molecule has 46 heavy (non-hydrogen) atoms. The number of hydrogen-bond acceptors (Lipinski definition) is 7. The Morgan fingerprint density at radius 2 is 1.89 bits per heavy atom. The summed E-state index contributed by atoms with van der Waals surface area (Å²) in [6, 6.07) is 12.6. The third-order valence-electron chi connectivity index (χ3n) is 9.45. The van der Waals surface area contributed by atoms with Gasteiger partial charge in [0.2, 0.25) is 11.8 Å². The number of esters is 1. The van der Waals surface area contributed by atoms with Gasteiger partial charge in [0.1, 0.15) is 29.5 Å². The number of nitrogens with one attached hydrogen (secondary N) is 2. The lowest BCUT2D eigenvalue weighted by Crippen LogP contribution is -2.55. The Hall–Kier alpha value is -4.41. The van der Waals surface area contributed by atoms with Gasteiger partial charge >= 0.3 is 12.1 Å². The van der Waals surface area contributed by atoms with Crippen LogP contribution in [0.4, 0.5) is 14.9 Å². The summed E-state index contributed by atoms with van der Waals surface area (Å²) in [7, 11) is 0. The summed E-state index contributed by atoms with van der Waals surface area (Å²) < 4.78 is 25.6. The molecule has 1 saturated heterocycles. The number of fused-ring (bicyclic) bond motifs is 3. The lowest BCUT2D eigenvalue weighted by molar-refractivity contribution is -0.150. The van der Waals surface area contributed by atoms with E-state index < -0.39 is 41.7 Å². The number of carbonyl (C=O) groups excluding carboxylic acids is 4. The fourth-order valence-corrected chi connectivity index (χ4v) is 6.86. The summed E-state index contributed by atoms with van der Waals surface area (Å²) in [5, 5.41) is 6.32. The van der Waals surface area contributed by atoms with Gasteiger partial charge in [0, 0.05) is 30.1 Å². The van der Waals surface area contributed by atoms with Crippen molar-refractivity contribution < 1.29 is 33.0 Å². The van der Waals surface area contributed by atoms with Gasteiger partial charge in [0.05, 0.1) is 19.7 Å². The number of benzene rings is 2. The van der Waals surface area contributed by atoms with Crippen molar-refractivity contribution in [2.24, 2.45) is 5.92 Å². The van der Waals surface area contributed by atoms with E-state index >= 15 is 0 Å². The van der Waals surface area contributed by atoms with E-state index in [4.69, 9.17) is 9.47 Å². The summed E-state index contributed by atoms with van der Waals surface area (Å²) >= 11 is 0. The molecule has 3 heterocycles. The first-order valence-electron chi connectivity index (χ1n) is 16.3. The van der Waals surface area contributed by atoms with Crippen LogP contribution in [0.2, 0.25) is 0 Å². The van der Waals surface area contributed by atoms with Gasteiger partial charge < -0.3 is 25.0 Å². The molecule has 0 spiro atoms. The first-order chi connectivity index (χ1) is 22.3. The third-order valence-corrected chi connectivity index (χ3v) is 9.45. The zero-order valence-corrected chi connectivity index (χ0v) is 26.1. The van der Waals surface area contributed by atoms with Crippen molar-refractivity contribution in [1.82, 2.24) is 15.1 Å². The molecule has 1 saturated carbocycles. The molecule has 244 valence electrons. The summed E-state index contributed by atoms with van der Waals surface area (Å²) in [5.41, 5.74) is 0.770. The van der Waals surface area contributed by atoms with Crippen molar-refractivity contribution in [2.45, 2.75) is 88.7 Å². The van der Waals surface area contributed by atoms with Gasteiger partial charge in [-0.3, -0.25) is 14.5 Å². The molecule has 10 nitrogen and oxygen atoms in total. The zero-order chi connectivity index (χ0) is 32.3. The van der Waals surface area contributed by atoms with Crippen LogP contribution in [-0.4, -0.2) is 70.6 Å². The number of para-hydroxylation sites is 1. The van der Waals surface area contributed by atoms with Crippen molar-refractivity contribution in [3.05, 3.63) is 77.6 Å². The van der Waals surface area contributed by atoms with E-state index in [1.54, 1.807) is 19.1 Å². The number of hydrogen-bond donors (Lipinski definition) is 2. The first-order valence-corrected chi connectivity index (χ1v) is 16.3. The molecule has 1 aliphatic carbocycles. The molecule has 4 aliphatic rings. The van der Waals surface area contributed by atoms with Gasteiger partial charge in [-0.2, -0.15) is 0 Å². The predicted octanol–water partition coefficient (Wildman–Crippen LogP) is 4.69. The van der Waals surface area contributed by atoms with Crippen LogP contribution >= 0.6 is 0 Å². The molecular formula is C35H41FN4O6. The van der Waals surface area contributed by atoms with Crippen LogP contribution in [0.15, 0.2) is 60.7 Å². The lowest BCUT2D eigenvalue weighted by atomic mass is 10.0. The molecular weight excluding hydrogens is 591 g/mol. The Kier molecular flexibility index (Phi) is 9.28. The minimum Gasteiger partial charge on any atom is -0.464 e.